The van der Waals surface area contributed by atoms with Crippen molar-refractivity contribution in [3.63, 3.8) is 0 Å². The van der Waals surface area contributed by atoms with E-state index in [9.17, 15) is 9.59 Å². The Kier molecular flexibility index (Phi) is 8.59. The molecule has 0 radical (unpaired) electrons. The van der Waals surface area contributed by atoms with Crippen LogP contribution in [0, 0.1) is 11.8 Å². The van der Waals surface area contributed by atoms with Crippen molar-refractivity contribution >= 4 is 29.6 Å². The normalized spacial score (nSPS) is 20.9. The van der Waals surface area contributed by atoms with E-state index in [0.29, 0.717) is 5.03 Å². The van der Waals surface area contributed by atoms with E-state index in [4.69, 9.17) is 16.3 Å². The maximum absolute atomic E-state index is 12.6. The van der Waals surface area contributed by atoms with Gasteiger partial charge in [-0.25, -0.2) is 4.79 Å². The van der Waals surface area contributed by atoms with Crippen LogP contribution in [0.5, 0.6) is 0 Å². The minimum Gasteiger partial charge on any atom is -0.464 e. The van der Waals surface area contributed by atoms with Gasteiger partial charge < -0.3 is 10.1 Å². The monoisotopic (exact) mass is 389 g/mol. The molecule has 0 saturated heterocycles. The standard InChI is InChI=1S/C22H28ClNO3/c1-3-7-16-10-12-18(13-11-16)21(25)24-20(22(26)27-2)15-19(23)14-17-8-5-4-6-9-17/h4-6,8-9,14-16,18H,3,7,10-13H2,1-2H3,(H,24,25)/b19-14-,20-15-. The van der Waals surface area contributed by atoms with Crippen LogP contribution >= 0.6 is 11.6 Å². The Morgan fingerprint density at radius 3 is 2.44 bits per heavy atom. The summed E-state index contributed by atoms with van der Waals surface area (Å²) in [6.07, 6.45) is 9.44. The Bertz CT molecular complexity index is 689. The summed E-state index contributed by atoms with van der Waals surface area (Å²) < 4.78 is 4.79. The average molecular weight is 390 g/mol. The molecule has 1 saturated carbocycles. The van der Waals surface area contributed by atoms with E-state index in [0.717, 1.165) is 37.2 Å². The number of esters is 1. The van der Waals surface area contributed by atoms with Crippen LogP contribution in [0.1, 0.15) is 51.0 Å². The van der Waals surface area contributed by atoms with Crippen molar-refractivity contribution in [3.8, 4) is 0 Å². The predicted molar refractivity (Wildman–Crippen MR) is 109 cm³/mol. The van der Waals surface area contributed by atoms with Gasteiger partial charge in [0.1, 0.15) is 5.70 Å². The van der Waals surface area contributed by atoms with Gasteiger partial charge in [0.05, 0.1) is 7.11 Å². The van der Waals surface area contributed by atoms with Gasteiger partial charge in [-0.05, 0) is 49.3 Å². The number of methoxy groups -OCH3 is 1. The molecule has 0 aromatic heterocycles. The molecular formula is C22H28ClNO3. The van der Waals surface area contributed by atoms with E-state index in [1.807, 2.05) is 30.3 Å². The van der Waals surface area contributed by atoms with Gasteiger partial charge in [-0.1, -0.05) is 61.7 Å². The number of nitrogens with one attached hydrogen (secondary N) is 1. The number of benzene rings is 1. The van der Waals surface area contributed by atoms with Gasteiger partial charge in [-0.15, -0.1) is 0 Å². The van der Waals surface area contributed by atoms with Gasteiger partial charge in [-0.3, -0.25) is 4.79 Å². The first-order valence-electron chi connectivity index (χ1n) is 9.56. The van der Waals surface area contributed by atoms with Crippen LogP contribution in [-0.4, -0.2) is 19.0 Å². The number of hydrogen-bond acceptors (Lipinski definition) is 3. The lowest BCUT2D eigenvalue weighted by Gasteiger charge is -2.27. The van der Waals surface area contributed by atoms with E-state index in [1.54, 1.807) is 6.08 Å². The smallest absolute Gasteiger partial charge is 0.354 e. The number of hydrogen-bond donors (Lipinski definition) is 1. The minimum atomic E-state index is -0.609. The Hall–Kier alpha value is -2.07. The zero-order valence-electron chi connectivity index (χ0n) is 16.0. The lowest BCUT2D eigenvalue weighted by molar-refractivity contribution is -0.138. The second-order valence-corrected chi connectivity index (χ2v) is 7.42. The zero-order valence-corrected chi connectivity index (χ0v) is 16.8. The van der Waals surface area contributed by atoms with Gasteiger partial charge in [0.2, 0.25) is 5.91 Å². The highest BCUT2D eigenvalue weighted by Gasteiger charge is 2.27. The molecule has 0 bridgehead atoms. The summed E-state index contributed by atoms with van der Waals surface area (Å²) in [7, 11) is 1.28. The molecule has 0 spiro atoms. The molecule has 1 fully saturated rings. The highest BCUT2D eigenvalue weighted by atomic mass is 35.5. The summed E-state index contributed by atoms with van der Waals surface area (Å²) >= 11 is 6.26. The topological polar surface area (TPSA) is 55.4 Å². The highest BCUT2D eigenvalue weighted by molar-refractivity contribution is 6.33. The quantitative estimate of drug-likeness (QED) is 0.403. The van der Waals surface area contributed by atoms with Gasteiger partial charge >= 0.3 is 5.97 Å². The largest absolute Gasteiger partial charge is 0.464 e. The molecule has 0 aliphatic heterocycles. The fraction of sp³-hybridized carbons (Fsp3) is 0.455. The second kappa shape index (κ2) is 10.9. The number of halogens is 1. The number of carbonyl (C=O) groups excluding carboxylic acids is 2. The highest BCUT2D eigenvalue weighted by Crippen LogP contribution is 2.31. The molecule has 0 atom stereocenters. The van der Waals surface area contributed by atoms with Crippen LogP contribution in [0.2, 0.25) is 0 Å². The first kappa shape index (κ1) is 21.2. The molecule has 0 unspecified atom stereocenters. The predicted octanol–water partition coefficient (Wildman–Crippen LogP) is 5.05. The van der Waals surface area contributed by atoms with E-state index in [-0.39, 0.29) is 17.5 Å². The third-order valence-electron chi connectivity index (χ3n) is 4.96. The number of rotatable bonds is 7. The van der Waals surface area contributed by atoms with Gasteiger partial charge in [0.25, 0.3) is 0 Å². The number of carbonyl (C=O) groups is 2. The summed E-state index contributed by atoms with van der Waals surface area (Å²) in [5.74, 6) is -0.0885. The van der Waals surface area contributed by atoms with E-state index in [1.165, 1.54) is 26.0 Å². The van der Waals surface area contributed by atoms with Crippen molar-refractivity contribution in [2.24, 2.45) is 11.8 Å². The molecule has 4 nitrogen and oxygen atoms in total. The Labute approximate surface area is 166 Å². The molecule has 1 aromatic carbocycles. The molecule has 1 amide bonds. The number of amides is 1. The van der Waals surface area contributed by atoms with Crippen LogP contribution in [0.3, 0.4) is 0 Å². The fourth-order valence-corrected chi connectivity index (χ4v) is 3.74. The molecule has 27 heavy (non-hydrogen) atoms. The van der Waals surface area contributed by atoms with E-state index >= 15 is 0 Å². The maximum Gasteiger partial charge on any atom is 0.354 e. The van der Waals surface area contributed by atoms with Crippen LogP contribution in [0.15, 0.2) is 47.1 Å². The molecule has 0 heterocycles. The molecule has 1 aliphatic rings. The first-order valence-corrected chi connectivity index (χ1v) is 9.94. The van der Waals surface area contributed by atoms with Gasteiger partial charge in [0.15, 0.2) is 0 Å². The van der Waals surface area contributed by atoms with Crippen molar-refractivity contribution in [2.75, 3.05) is 7.11 Å². The molecule has 1 aliphatic carbocycles. The SMILES string of the molecule is CCCC1CCC(C(=O)N/C(=C\C(Cl)=C\c2ccccc2)C(=O)OC)CC1. The first-order chi connectivity index (χ1) is 13.0. The lowest BCUT2D eigenvalue weighted by atomic mass is 9.80. The summed E-state index contributed by atoms with van der Waals surface area (Å²) in [6, 6.07) is 9.52. The fourth-order valence-electron chi connectivity index (χ4n) is 3.50. The molecule has 146 valence electrons. The summed E-state index contributed by atoms with van der Waals surface area (Å²) in [5.41, 5.74) is 0.971. The molecule has 1 N–H and O–H groups in total. The van der Waals surface area contributed by atoms with Crippen molar-refractivity contribution in [2.45, 2.75) is 45.4 Å². The second-order valence-electron chi connectivity index (χ2n) is 6.99. The van der Waals surface area contributed by atoms with E-state index in [2.05, 4.69) is 12.2 Å². The number of ether oxygens (including phenoxy) is 1. The van der Waals surface area contributed by atoms with Crippen molar-refractivity contribution in [3.05, 3.63) is 52.7 Å². The van der Waals surface area contributed by atoms with Crippen molar-refractivity contribution in [1.82, 2.24) is 5.32 Å². The Balaban J connectivity index is 2.05. The zero-order chi connectivity index (χ0) is 19.6. The van der Waals surface area contributed by atoms with Crippen LogP contribution in [-0.2, 0) is 14.3 Å². The minimum absolute atomic E-state index is 0.0652. The lowest BCUT2D eigenvalue weighted by Crippen LogP contribution is -2.35. The van der Waals surface area contributed by atoms with Gasteiger partial charge in [0, 0.05) is 11.0 Å². The maximum atomic E-state index is 12.6. The molecule has 5 heteroatoms. The average Bonchev–Trinajstić information content (AvgIpc) is 2.68. The molecule has 2 rings (SSSR count). The van der Waals surface area contributed by atoms with Crippen LogP contribution in [0.25, 0.3) is 6.08 Å². The Morgan fingerprint density at radius 1 is 1.19 bits per heavy atom. The molecule has 1 aromatic rings. The third kappa shape index (κ3) is 6.87. The van der Waals surface area contributed by atoms with E-state index < -0.39 is 5.97 Å². The summed E-state index contributed by atoms with van der Waals surface area (Å²) in [4.78, 5) is 24.7. The van der Waals surface area contributed by atoms with Crippen molar-refractivity contribution < 1.29 is 14.3 Å². The van der Waals surface area contributed by atoms with Crippen LogP contribution < -0.4 is 5.32 Å². The summed E-state index contributed by atoms with van der Waals surface area (Å²) in [6.45, 7) is 2.19. The number of allylic oxidation sites excluding steroid dienone is 2. The molecular weight excluding hydrogens is 362 g/mol. The third-order valence-corrected chi connectivity index (χ3v) is 5.18. The van der Waals surface area contributed by atoms with Crippen LogP contribution in [0.4, 0.5) is 0 Å². The summed E-state index contributed by atoms with van der Waals surface area (Å²) in [5, 5.41) is 3.06. The Morgan fingerprint density at radius 2 is 1.85 bits per heavy atom. The van der Waals surface area contributed by atoms with Gasteiger partial charge in [-0.2, -0.15) is 0 Å². The van der Waals surface area contributed by atoms with Crippen molar-refractivity contribution in [1.29, 1.82) is 0 Å².